The number of halogens is 3. The van der Waals surface area contributed by atoms with Crippen LogP contribution in [0.5, 0.6) is 0 Å². The van der Waals surface area contributed by atoms with Crippen molar-refractivity contribution in [3.63, 3.8) is 0 Å². The Bertz CT molecular complexity index is 574. The monoisotopic (exact) mass is 449 g/mol. The molecular weight excluding hydrogens is 436 g/mol. The van der Waals surface area contributed by atoms with E-state index < -0.39 is 0 Å². The van der Waals surface area contributed by atoms with E-state index in [1.54, 1.807) is 0 Å². The number of hydrogen-bond donors (Lipinski definition) is 1. The minimum Gasteiger partial charge on any atom is -0.313 e. The van der Waals surface area contributed by atoms with Crippen LogP contribution in [0.4, 0.5) is 0 Å². The predicted molar refractivity (Wildman–Crippen MR) is 93.8 cm³/mol. The molecule has 2 rings (SSSR count). The highest BCUT2D eigenvalue weighted by molar-refractivity contribution is 14.1. The van der Waals surface area contributed by atoms with Gasteiger partial charge >= 0.3 is 0 Å². The van der Waals surface area contributed by atoms with Gasteiger partial charge in [0.2, 0.25) is 0 Å². The molecule has 0 saturated carbocycles. The highest BCUT2D eigenvalue weighted by Gasteiger charge is 2.14. The molecule has 0 amide bonds. The van der Waals surface area contributed by atoms with Gasteiger partial charge in [0.1, 0.15) is 0 Å². The summed E-state index contributed by atoms with van der Waals surface area (Å²) in [6.45, 7) is 0. The molecule has 100 valence electrons. The van der Waals surface area contributed by atoms with Crippen LogP contribution in [0.3, 0.4) is 0 Å². The zero-order valence-electron chi connectivity index (χ0n) is 10.5. The van der Waals surface area contributed by atoms with Crippen molar-refractivity contribution in [2.75, 3.05) is 7.05 Å². The van der Waals surface area contributed by atoms with Crippen molar-refractivity contribution in [3.05, 3.63) is 66.7 Å². The molecule has 0 radical (unpaired) electrons. The Kier molecular flexibility index (Phi) is 5.69. The number of hydrogen-bond acceptors (Lipinski definition) is 1. The van der Waals surface area contributed by atoms with Crippen LogP contribution >= 0.6 is 50.1 Å². The molecule has 0 bridgehead atoms. The normalized spacial score (nSPS) is 12.4. The third-order valence-electron chi connectivity index (χ3n) is 3.01. The van der Waals surface area contributed by atoms with Crippen LogP contribution in [0.2, 0.25) is 5.02 Å². The van der Waals surface area contributed by atoms with Crippen LogP contribution in [0, 0.1) is 3.57 Å². The van der Waals surface area contributed by atoms with Crippen molar-refractivity contribution in [2.24, 2.45) is 0 Å². The molecule has 0 aliphatic heterocycles. The van der Waals surface area contributed by atoms with E-state index in [1.165, 1.54) is 14.7 Å². The number of benzene rings is 2. The fraction of sp³-hybridized carbons (Fsp3) is 0.200. The van der Waals surface area contributed by atoms with E-state index in [4.69, 9.17) is 11.6 Å². The van der Waals surface area contributed by atoms with Gasteiger partial charge in [-0.2, -0.15) is 0 Å². The van der Waals surface area contributed by atoms with E-state index in [0.717, 1.165) is 15.9 Å². The maximum Gasteiger partial charge on any atom is 0.0408 e. The van der Waals surface area contributed by atoms with E-state index in [9.17, 15) is 0 Å². The molecule has 2 aromatic rings. The smallest absolute Gasteiger partial charge is 0.0408 e. The maximum atomic E-state index is 6.04. The van der Waals surface area contributed by atoms with Gasteiger partial charge in [0, 0.05) is 19.1 Å². The summed E-state index contributed by atoms with van der Waals surface area (Å²) < 4.78 is 2.37. The van der Waals surface area contributed by atoms with Crippen molar-refractivity contribution >= 4 is 50.1 Å². The van der Waals surface area contributed by atoms with Crippen molar-refractivity contribution in [1.29, 1.82) is 0 Å². The molecule has 0 saturated heterocycles. The summed E-state index contributed by atoms with van der Waals surface area (Å²) in [5.41, 5.74) is 2.51. The van der Waals surface area contributed by atoms with Gasteiger partial charge in [0.15, 0.2) is 0 Å². The Morgan fingerprint density at radius 3 is 2.74 bits per heavy atom. The van der Waals surface area contributed by atoms with Crippen molar-refractivity contribution < 1.29 is 0 Å². The van der Waals surface area contributed by atoms with Crippen molar-refractivity contribution in [3.8, 4) is 0 Å². The SMILES string of the molecule is CNC(Cc1cccc(Cl)c1)c1cc(I)ccc1Br. The summed E-state index contributed by atoms with van der Waals surface area (Å²) in [5.74, 6) is 0. The number of rotatable bonds is 4. The van der Waals surface area contributed by atoms with Gasteiger partial charge in [-0.3, -0.25) is 0 Å². The molecule has 0 fully saturated rings. The predicted octanol–water partition coefficient (Wildman–Crippen LogP) is 5.21. The molecule has 0 spiro atoms. The molecular formula is C15H14BrClIN. The van der Waals surface area contributed by atoms with Crippen LogP contribution in [-0.2, 0) is 6.42 Å². The van der Waals surface area contributed by atoms with Gasteiger partial charge < -0.3 is 5.32 Å². The lowest BCUT2D eigenvalue weighted by molar-refractivity contribution is 0.589. The second-order valence-corrected chi connectivity index (χ2v) is 6.88. The Hall–Kier alpha value is -0.100. The summed E-state index contributed by atoms with van der Waals surface area (Å²) in [5, 5.41) is 4.16. The van der Waals surface area contributed by atoms with Crippen LogP contribution in [-0.4, -0.2) is 7.05 Å². The van der Waals surface area contributed by atoms with E-state index in [2.05, 4.69) is 68.1 Å². The van der Waals surface area contributed by atoms with E-state index in [-0.39, 0.29) is 6.04 Å². The molecule has 1 atom stereocenters. The summed E-state index contributed by atoms with van der Waals surface area (Å²) in [4.78, 5) is 0. The van der Waals surface area contributed by atoms with Gasteiger partial charge in [0.05, 0.1) is 0 Å². The Balaban J connectivity index is 2.27. The highest BCUT2D eigenvalue weighted by Crippen LogP contribution is 2.28. The Morgan fingerprint density at radius 1 is 1.26 bits per heavy atom. The molecule has 0 aliphatic rings. The lowest BCUT2D eigenvalue weighted by atomic mass is 9.99. The van der Waals surface area contributed by atoms with E-state index in [0.29, 0.717) is 0 Å². The third kappa shape index (κ3) is 4.18. The molecule has 4 heteroatoms. The van der Waals surface area contributed by atoms with Crippen LogP contribution in [0.25, 0.3) is 0 Å². The molecule has 1 unspecified atom stereocenters. The lowest BCUT2D eigenvalue weighted by Gasteiger charge is -2.19. The van der Waals surface area contributed by atoms with Crippen molar-refractivity contribution in [1.82, 2.24) is 5.32 Å². The van der Waals surface area contributed by atoms with Gasteiger partial charge in [-0.25, -0.2) is 0 Å². The van der Waals surface area contributed by atoms with Gasteiger partial charge in [-0.05, 0) is 77.5 Å². The average Bonchev–Trinajstić information content (AvgIpc) is 2.39. The molecule has 1 nitrogen and oxygen atoms in total. The zero-order chi connectivity index (χ0) is 13.8. The van der Waals surface area contributed by atoms with Gasteiger partial charge in [-0.1, -0.05) is 39.7 Å². The maximum absolute atomic E-state index is 6.04. The van der Waals surface area contributed by atoms with Crippen molar-refractivity contribution in [2.45, 2.75) is 12.5 Å². The standard InChI is InChI=1S/C15H14BrClIN/c1-19-15(8-10-3-2-4-11(17)7-10)13-9-12(18)5-6-14(13)16/h2-7,9,15,19H,8H2,1H3. The van der Waals surface area contributed by atoms with Crippen LogP contribution < -0.4 is 5.32 Å². The fourth-order valence-corrected chi connectivity index (χ4v) is 3.30. The molecule has 0 aromatic heterocycles. The molecule has 2 aromatic carbocycles. The van der Waals surface area contributed by atoms with Crippen LogP contribution in [0.15, 0.2) is 46.9 Å². The molecule has 0 aliphatic carbocycles. The zero-order valence-corrected chi connectivity index (χ0v) is 15.0. The molecule has 1 N–H and O–H groups in total. The van der Waals surface area contributed by atoms with Gasteiger partial charge in [-0.15, -0.1) is 0 Å². The Labute approximate surface area is 141 Å². The first-order chi connectivity index (χ1) is 9.10. The molecule has 0 heterocycles. The van der Waals surface area contributed by atoms with Crippen LogP contribution in [0.1, 0.15) is 17.2 Å². The first kappa shape index (κ1) is 15.3. The summed E-state index contributed by atoms with van der Waals surface area (Å²) in [7, 11) is 1.99. The lowest BCUT2D eigenvalue weighted by Crippen LogP contribution is -2.19. The van der Waals surface area contributed by atoms with E-state index in [1.807, 2.05) is 25.2 Å². The summed E-state index contributed by atoms with van der Waals surface area (Å²) in [6, 6.07) is 14.7. The summed E-state index contributed by atoms with van der Waals surface area (Å²) in [6.07, 6.45) is 0.912. The second kappa shape index (κ2) is 7.07. The third-order valence-corrected chi connectivity index (χ3v) is 4.64. The first-order valence-corrected chi connectivity index (χ1v) is 8.22. The number of nitrogens with one attached hydrogen (secondary N) is 1. The Morgan fingerprint density at radius 2 is 2.05 bits per heavy atom. The number of likely N-dealkylation sites (N-methyl/N-ethyl adjacent to an activating group) is 1. The minimum absolute atomic E-state index is 0.266. The topological polar surface area (TPSA) is 12.0 Å². The highest BCUT2D eigenvalue weighted by atomic mass is 127. The average molecular weight is 451 g/mol. The second-order valence-electron chi connectivity index (χ2n) is 4.34. The van der Waals surface area contributed by atoms with E-state index >= 15 is 0 Å². The minimum atomic E-state index is 0.266. The first-order valence-electron chi connectivity index (χ1n) is 5.97. The molecule has 19 heavy (non-hydrogen) atoms. The van der Waals surface area contributed by atoms with Gasteiger partial charge in [0.25, 0.3) is 0 Å². The largest absolute Gasteiger partial charge is 0.313 e. The fourth-order valence-electron chi connectivity index (χ4n) is 2.05. The quantitative estimate of drug-likeness (QED) is 0.631. The summed E-state index contributed by atoms with van der Waals surface area (Å²) >= 11 is 12.0.